The maximum atomic E-state index is 10.4. The van der Waals surface area contributed by atoms with Crippen molar-refractivity contribution in [3.05, 3.63) is 95.6 Å². The molecular formula is C24H25NO4. The molecule has 150 valence electrons. The van der Waals surface area contributed by atoms with Crippen LogP contribution in [0.4, 0.5) is 4.79 Å². The topological polar surface area (TPSA) is 67.8 Å². The zero-order chi connectivity index (χ0) is 20.5. The van der Waals surface area contributed by atoms with Crippen LogP contribution in [0, 0.1) is 0 Å². The maximum Gasteiger partial charge on any atom is 0.404 e. The van der Waals surface area contributed by atoms with Crippen LogP contribution in [0.5, 0.6) is 11.5 Å². The number of rotatable bonds is 9. The van der Waals surface area contributed by atoms with E-state index in [0.717, 1.165) is 11.5 Å². The molecule has 3 aromatic rings. The van der Waals surface area contributed by atoms with Gasteiger partial charge in [0.2, 0.25) is 0 Å². The van der Waals surface area contributed by atoms with E-state index >= 15 is 0 Å². The Morgan fingerprint density at radius 3 is 1.97 bits per heavy atom. The Morgan fingerprint density at radius 1 is 0.862 bits per heavy atom. The van der Waals surface area contributed by atoms with Gasteiger partial charge in [-0.2, -0.15) is 0 Å². The van der Waals surface area contributed by atoms with Gasteiger partial charge in [0.15, 0.2) is 0 Å². The Bertz CT molecular complexity index is 892. The molecule has 3 rings (SSSR count). The fourth-order valence-corrected chi connectivity index (χ4v) is 3.23. The summed E-state index contributed by atoms with van der Waals surface area (Å²) < 4.78 is 11.0. The summed E-state index contributed by atoms with van der Waals surface area (Å²) in [4.78, 5) is 10.4. The van der Waals surface area contributed by atoms with Crippen LogP contribution in [0.1, 0.15) is 29.0 Å². The monoisotopic (exact) mass is 391 g/mol. The number of nitrogens with one attached hydrogen (secondary N) is 1. The van der Waals surface area contributed by atoms with Crippen molar-refractivity contribution >= 4 is 6.09 Å². The van der Waals surface area contributed by atoms with Gasteiger partial charge in [0.25, 0.3) is 0 Å². The number of ether oxygens (including phenoxy) is 2. The van der Waals surface area contributed by atoms with Gasteiger partial charge in [-0.3, -0.25) is 0 Å². The van der Waals surface area contributed by atoms with Crippen molar-refractivity contribution in [2.75, 3.05) is 20.3 Å². The molecule has 0 heterocycles. The van der Waals surface area contributed by atoms with E-state index in [9.17, 15) is 4.79 Å². The van der Waals surface area contributed by atoms with Crippen LogP contribution in [-0.4, -0.2) is 31.5 Å². The van der Waals surface area contributed by atoms with Crippen LogP contribution in [0.2, 0.25) is 0 Å². The molecule has 5 nitrogen and oxygen atoms in total. The van der Waals surface area contributed by atoms with Crippen LogP contribution < -0.4 is 14.8 Å². The van der Waals surface area contributed by atoms with Crippen LogP contribution in [0.25, 0.3) is 0 Å². The Balaban J connectivity index is 1.75. The minimum Gasteiger partial charge on any atom is -0.497 e. The zero-order valence-corrected chi connectivity index (χ0v) is 16.4. The molecule has 0 radical (unpaired) electrons. The van der Waals surface area contributed by atoms with Gasteiger partial charge >= 0.3 is 6.09 Å². The standard InChI is InChI=1S/C24H25NO4/c1-28-21-12-8-19(9-13-21)23(18-6-3-2-4-7-18)20-10-14-22(15-11-20)29-17-5-16-25-24(26)27/h2-4,6-15,23,25H,5,16-17H2,1H3,(H,26,27). The van der Waals surface area contributed by atoms with Crippen LogP contribution in [-0.2, 0) is 0 Å². The third kappa shape index (κ3) is 5.75. The highest BCUT2D eigenvalue weighted by molar-refractivity contribution is 5.64. The third-order valence-electron chi connectivity index (χ3n) is 4.66. The second kappa shape index (κ2) is 10.2. The predicted octanol–water partition coefficient (Wildman–Crippen LogP) is 4.91. The van der Waals surface area contributed by atoms with E-state index in [0.29, 0.717) is 19.6 Å². The predicted molar refractivity (Wildman–Crippen MR) is 113 cm³/mol. The van der Waals surface area contributed by atoms with Gasteiger partial charge in [-0.25, -0.2) is 4.79 Å². The molecule has 0 spiro atoms. The number of carboxylic acid groups (broad SMARTS) is 1. The minimum atomic E-state index is -1.01. The van der Waals surface area contributed by atoms with Crippen molar-refractivity contribution < 1.29 is 19.4 Å². The number of amides is 1. The SMILES string of the molecule is COc1ccc(C(c2ccccc2)c2ccc(OCCCNC(=O)O)cc2)cc1. The second-order valence-corrected chi connectivity index (χ2v) is 6.62. The summed E-state index contributed by atoms with van der Waals surface area (Å²) in [6, 6.07) is 26.6. The lowest BCUT2D eigenvalue weighted by molar-refractivity contribution is 0.193. The molecule has 0 bridgehead atoms. The smallest absolute Gasteiger partial charge is 0.404 e. The van der Waals surface area contributed by atoms with Gasteiger partial charge in [0.05, 0.1) is 13.7 Å². The van der Waals surface area contributed by atoms with Crippen molar-refractivity contribution in [3.63, 3.8) is 0 Å². The van der Waals surface area contributed by atoms with Gasteiger partial charge < -0.3 is 19.9 Å². The van der Waals surface area contributed by atoms with Gasteiger partial charge in [-0.05, 0) is 47.4 Å². The molecule has 1 amide bonds. The summed E-state index contributed by atoms with van der Waals surface area (Å²) >= 11 is 0. The lowest BCUT2D eigenvalue weighted by atomic mass is 9.85. The normalized spacial score (nSPS) is 11.5. The van der Waals surface area contributed by atoms with Gasteiger partial charge in [0.1, 0.15) is 11.5 Å². The number of hydrogen-bond acceptors (Lipinski definition) is 3. The summed E-state index contributed by atoms with van der Waals surface area (Å²) in [5.41, 5.74) is 3.57. The van der Waals surface area contributed by atoms with E-state index in [4.69, 9.17) is 14.6 Å². The second-order valence-electron chi connectivity index (χ2n) is 6.62. The highest BCUT2D eigenvalue weighted by atomic mass is 16.5. The largest absolute Gasteiger partial charge is 0.497 e. The van der Waals surface area contributed by atoms with E-state index < -0.39 is 6.09 Å². The minimum absolute atomic E-state index is 0.107. The molecule has 5 heteroatoms. The average molecular weight is 391 g/mol. The molecular weight excluding hydrogens is 366 g/mol. The molecule has 0 fully saturated rings. The first-order valence-corrected chi connectivity index (χ1v) is 9.56. The molecule has 29 heavy (non-hydrogen) atoms. The number of carbonyl (C=O) groups is 1. The van der Waals surface area contributed by atoms with Gasteiger partial charge in [-0.1, -0.05) is 54.6 Å². The summed E-state index contributed by atoms with van der Waals surface area (Å²) in [5.74, 6) is 1.71. The Labute approximate surface area is 170 Å². The van der Waals surface area contributed by atoms with Crippen molar-refractivity contribution in [1.82, 2.24) is 5.32 Å². The number of hydrogen-bond donors (Lipinski definition) is 2. The van der Waals surface area contributed by atoms with Gasteiger partial charge in [0, 0.05) is 12.5 Å². The molecule has 1 unspecified atom stereocenters. The fraction of sp³-hybridized carbons (Fsp3) is 0.208. The maximum absolute atomic E-state index is 10.4. The number of benzene rings is 3. The molecule has 0 aliphatic rings. The summed E-state index contributed by atoms with van der Waals surface area (Å²) in [6.45, 7) is 0.835. The highest BCUT2D eigenvalue weighted by Gasteiger charge is 2.16. The summed E-state index contributed by atoms with van der Waals surface area (Å²) in [5, 5.41) is 10.9. The molecule has 3 aromatic carbocycles. The lowest BCUT2D eigenvalue weighted by Gasteiger charge is -2.19. The van der Waals surface area contributed by atoms with E-state index in [1.807, 2.05) is 30.3 Å². The van der Waals surface area contributed by atoms with Crippen molar-refractivity contribution in [3.8, 4) is 11.5 Å². The number of methoxy groups -OCH3 is 1. The summed E-state index contributed by atoms with van der Waals surface area (Å²) in [6.07, 6.45) is -0.396. The van der Waals surface area contributed by atoms with Gasteiger partial charge in [-0.15, -0.1) is 0 Å². The Morgan fingerprint density at radius 2 is 1.41 bits per heavy atom. The van der Waals surface area contributed by atoms with E-state index in [2.05, 4.69) is 53.8 Å². The molecule has 0 aliphatic carbocycles. The molecule has 0 aliphatic heterocycles. The first kappa shape index (κ1) is 20.3. The first-order valence-electron chi connectivity index (χ1n) is 9.56. The highest BCUT2D eigenvalue weighted by Crippen LogP contribution is 2.33. The first-order chi connectivity index (χ1) is 14.2. The van der Waals surface area contributed by atoms with E-state index in [1.54, 1.807) is 7.11 Å². The Hall–Kier alpha value is -3.47. The molecule has 1 atom stereocenters. The quantitative estimate of drug-likeness (QED) is 0.402. The van der Waals surface area contributed by atoms with Crippen LogP contribution in [0.3, 0.4) is 0 Å². The van der Waals surface area contributed by atoms with E-state index in [1.165, 1.54) is 16.7 Å². The van der Waals surface area contributed by atoms with Crippen molar-refractivity contribution in [1.29, 1.82) is 0 Å². The van der Waals surface area contributed by atoms with Crippen molar-refractivity contribution in [2.45, 2.75) is 12.3 Å². The van der Waals surface area contributed by atoms with Crippen LogP contribution >= 0.6 is 0 Å². The molecule has 2 N–H and O–H groups in total. The molecule has 0 saturated carbocycles. The van der Waals surface area contributed by atoms with Crippen LogP contribution in [0.15, 0.2) is 78.9 Å². The summed E-state index contributed by atoms with van der Waals surface area (Å²) in [7, 11) is 1.67. The average Bonchev–Trinajstić information content (AvgIpc) is 2.76. The fourth-order valence-electron chi connectivity index (χ4n) is 3.23. The molecule has 0 aromatic heterocycles. The van der Waals surface area contributed by atoms with Crippen molar-refractivity contribution in [2.24, 2.45) is 0 Å². The van der Waals surface area contributed by atoms with E-state index in [-0.39, 0.29) is 5.92 Å². The Kier molecular flexibility index (Phi) is 7.11. The molecule has 0 saturated heterocycles. The zero-order valence-electron chi connectivity index (χ0n) is 16.4. The third-order valence-corrected chi connectivity index (χ3v) is 4.66. The lowest BCUT2D eigenvalue weighted by Crippen LogP contribution is -2.23.